The highest BCUT2D eigenvalue weighted by Crippen LogP contribution is 2.44. The van der Waals surface area contributed by atoms with E-state index in [1.807, 2.05) is 115 Å². The number of phenols is 1. The van der Waals surface area contributed by atoms with Gasteiger partial charge < -0.3 is 5.11 Å². The van der Waals surface area contributed by atoms with Crippen LogP contribution >= 0.6 is 0 Å². The van der Waals surface area contributed by atoms with E-state index in [2.05, 4.69) is 32.7 Å². The van der Waals surface area contributed by atoms with E-state index >= 15 is 0 Å². The number of nitrogens with zero attached hydrogens (tertiary/aromatic N) is 3. The molecule has 0 aliphatic heterocycles. The number of hydrogen-bond donors (Lipinski definition) is 1. The van der Waals surface area contributed by atoms with Crippen LogP contribution in [0.4, 0.5) is 0 Å². The molecule has 2 heterocycles. The van der Waals surface area contributed by atoms with E-state index in [1.165, 1.54) is 0 Å². The van der Waals surface area contributed by atoms with Gasteiger partial charge in [-0.2, -0.15) is 0 Å². The first-order valence-corrected chi connectivity index (χ1v) is 21.7. The Bertz CT molecular complexity index is 3570. The molecule has 63 heavy (non-hydrogen) atoms. The first-order valence-electron chi connectivity index (χ1n) is 27.7. The van der Waals surface area contributed by atoms with Crippen LogP contribution in [-0.2, 0) is 5.41 Å². The Morgan fingerprint density at radius 1 is 0.651 bits per heavy atom. The summed E-state index contributed by atoms with van der Waals surface area (Å²) in [6, 6.07) is 22.5. The van der Waals surface area contributed by atoms with Crippen LogP contribution in [0.25, 0.3) is 72.7 Å². The Labute approximate surface area is 392 Å². The fourth-order valence-electron chi connectivity index (χ4n) is 8.04. The Balaban J connectivity index is 1.46. The third-order valence-corrected chi connectivity index (χ3v) is 11.9. The highest BCUT2D eigenvalue weighted by Gasteiger charge is 2.25. The third kappa shape index (κ3) is 8.61. The number of imidazole rings is 1. The minimum absolute atomic E-state index is 0.0145. The first-order chi connectivity index (χ1) is 34.8. The molecule has 0 bridgehead atoms. The summed E-state index contributed by atoms with van der Waals surface area (Å²) in [7, 11) is 0. The summed E-state index contributed by atoms with van der Waals surface area (Å²) in [5.74, 6) is -0.496. The summed E-state index contributed by atoms with van der Waals surface area (Å²) in [6.07, 6.45) is -0.551. The Kier molecular flexibility index (Phi) is 8.36. The van der Waals surface area contributed by atoms with Crippen LogP contribution in [0.1, 0.15) is 150 Å². The Morgan fingerprint density at radius 2 is 1.37 bits per heavy atom. The van der Waals surface area contributed by atoms with Gasteiger partial charge in [-0.05, 0) is 146 Å². The largest absolute Gasteiger partial charge is 0.507 e. The van der Waals surface area contributed by atoms with Crippen LogP contribution in [0.5, 0.6) is 5.75 Å². The number of aromatic hydroxyl groups is 1. The Morgan fingerprint density at radius 3 is 2.05 bits per heavy atom. The molecule has 8 aromatic rings. The number of phenolic OH excluding ortho intramolecular Hbond substituents is 1. The van der Waals surface area contributed by atoms with Crippen molar-refractivity contribution in [2.24, 2.45) is 0 Å². The lowest BCUT2D eigenvalue weighted by Gasteiger charge is -2.22. The van der Waals surface area contributed by atoms with Crippen LogP contribution in [0, 0.1) is 6.85 Å². The zero-order valence-corrected chi connectivity index (χ0v) is 38.1. The number of rotatable bonds is 10. The molecule has 0 saturated carbocycles. The average Bonchev–Trinajstić information content (AvgIpc) is 3.73. The van der Waals surface area contributed by atoms with Crippen molar-refractivity contribution in [1.82, 2.24) is 14.5 Å². The molecule has 0 aliphatic carbocycles. The van der Waals surface area contributed by atoms with Gasteiger partial charge in [-0.15, -0.1) is 0 Å². The van der Waals surface area contributed by atoms with Crippen molar-refractivity contribution in [3.05, 3.63) is 167 Å². The summed E-state index contributed by atoms with van der Waals surface area (Å²) in [5, 5.41) is 12.3. The van der Waals surface area contributed by atoms with E-state index < -0.39 is 66.6 Å². The lowest BCUT2D eigenvalue weighted by molar-refractivity contribution is 0.466. The standard InChI is InChI=1S/C59H63N3O/c1-35(2)43-26-44(36(3)4)28-46(27-43)41-21-22-54(39(9)25-41)62-55-20-16-19-50(56(55)61-58(62)52-33-45(37(5)6)32-51(38(7)8)57(52)63)47-29-48(31-49(30-47)59(10,11)12)53-34-42(23-24-60-53)40-17-14-13-15-18-40/h13-38,63H,1-12H3/i9D3,13D,14D,15D,17D,18D,23D,24D,34D,35D. The van der Waals surface area contributed by atoms with Gasteiger partial charge in [-0.25, -0.2) is 4.98 Å². The number of benzene rings is 6. The molecular formula is C59H63N3O. The fourth-order valence-corrected chi connectivity index (χ4v) is 8.04. The number of aromatic nitrogens is 3. The lowest BCUT2D eigenvalue weighted by Crippen LogP contribution is -2.11. The molecule has 320 valence electrons. The van der Waals surface area contributed by atoms with Crippen LogP contribution in [0.3, 0.4) is 0 Å². The van der Waals surface area contributed by atoms with E-state index in [-0.39, 0.29) is 45.9 Å². The second-order valence-corrected chi connectivity index (χ2v) is 18.7. The molecule has 0 fully saturated rings. The quantitative estimate of drug-likeness (QED) is 0.149. The van der Waals surface area contributed by atoms with E-state index in [4.69, 9.17) is 20.1 Å². The predicted molar refractivity (Wildman–Crippen MR) is 268 cm³/mol. The summed E-state index contributed by atoms with van der Waals surface area (Å²) >= 11 is 0. The maximum atomic E-state index is 12.3. The van der Waals surface area contributed by atoms with E-state index in [0.29, 0.717) is 55.9 Å². The van der Waals surface area contributed by atoms with Crippen LogP contribution in [-0.4, -0.2) is 19.6 Å². The SMILES string of the molecule is [2H]c1nc(-c2cc(-c3cccc4c3nc(-c3cc(C(C)C)cc(C(C)C)c3O)n4-c3ccc(-c4cc(C(C)C)cc(C([2H])(C)C)c4)cc3C([2H])([2H])[2H])cc(C(C)(C)C)c2)c([2H])c(-c2c([2H])c([2H])c([2H])c([2H])c2[2H])c1[2H]. The highest BCUT2D eigenvalue weighted by atomic mass is 16.3. The second-order valence-electron chi connectivity index (χ2n) is 18.7. The number of pyridine rings is 1. The lowest BCUT2D eigenvalue weighted by atomic mass is 9.83. The molecule has 0 amide bonds. The second kappa shape index (κ2) is 17.1. The van der Waals surface area contributed by atoms with Crippen LogP contribution < -0.4 is 0 Å². The predicted octanol–water partition coefficient (Wildman–Crippen LogP) is 16.6. The zero-order chi connectivity index (χ0) is 55.3. The minimum Gasteiger partial charge on any atom is -0.507 e. The molecule has 4 nitrogen and oxygen atoms in total. The smallest absolute Gasteiger partial charge is 0.149 e. The van der Waals surface area contributed by atoms with Crippen molar-refractivity contribution < 1.29 is 21.6 Å². The number of aryl methyl sites for hydroxylation is 1. The van der Waals surface area contributed by atoms with E-state index in [9.17, 15) is 6.48 Å². The van der Waals surface area contributed by atoms with Crippen LogP contribution in [0.2, 0.25) is 0 Å². The normalized spacial score (nSPS) is 15.2. The van der Waals surface area contributed by atoms with E-state index in [0.717, 1.165) is 27.8 Å². The molecule has 2 aromatic heterocycles. The van der Waals surface area contributed by atoms with Gasteiger partial charge in [0.05, 0.1) is 38.9 Å². The average molecular weight is 842 g/mol. The first kappa shape index (κ1) is 30.7. The molecule has 0 unspecified atom stereocenters. The summed E-state index contributed by atoms with van der Waals surface area (Å²) in [4.78, 5) is 9.85. The zero-order valence-electron chi connectivity index (χ0n) is 50.1. The van der Waals surface area contributed by atoms with Crippen molar-refractivity contribution in [1.29, 1.82) is 0 Å². The van der Waals surface area contributed by atoms with Gasteiger partial charge in [0.2, 0.25) is 0 Å². The monoisotopic (exact) mass is 842 g/mol. The van der Waals surface area contributed by atoms with Crippen molar-refractivity contribution >= 4 is 11.0 Å². The number of para-hydroxylation sites is 1. The Hall–Kier alpha value is -6.26. The molecule has 8 rings (SSSR count). The molecule has 6 aromatic carbocycles. The molecule has 4 heteroatoms. The molecule has 0 radical (unpaired) electrons. The van der Waals surface area contributed by atoms with Crippen molar-refractivity contribution in [3.63, 3.8) is 0 Å². The van der Waals surface area contributed by atoms with E-state index in [1.54, 1.807) is 22.8 Å². The number of hydrogen-bond acceptors (Lipinski definition) is 3. The highest BCUT2D eigenvalue weighted by molar-refractivity contribution is 5.97. The molecule has 1 N–H and O–H groups in total. The minimum atomic E-state index is -2.65. The van der Waals surface area contributed by atoms with Gasteiger partial charge in [-0.3, -0.25) is 9.55 Å². The van der Waals surface area contributed by atoms with Gasteiger partial charge in [-0.1, -0.05) is 155 Å². The summed E-state index contributed by atoms with van der Waals surface area (Å²) in [6.45, 7) is 19.4. The van der Waals surface area contributed by atoms with Gasteiger partial charge in [0, 0.05) is 22.8 Å². The molecule has 0 aliphatic rings. The molecule has 0 saturated heterocycles. The van der Waals surface area contributed by atoms with Gasteiger partial charge in [0.1, 0.15) is 11.6 Å². The summed E-state index contributed by atoms with van der Waals surface area (Å²) < 4.78 is 108. The molecule has 0 spiro atoms. The fraction of sp³-hybridized carbons (Fsp3) is 0.288. The van der Waals surface area contributed by atoms with Gasteiger partial charge >= 0.3 is 0 Å². The van der Waals surface area contributed by atoms with Gasteiger partial charge in [0.15, 0.2) is 0 Å². The molecular weight excluding hydrogens is 767 g/mol. The van der Waals surface area contributed by atoms with Crippen molar-refractivity contribution in [2.45, 2.75) is 112 Å². The topological polar surface area (TPSA) is 50.9 Å². The van der Waals surface area contributed by atoms with Crippen molar-refractivity contribution in [3.8, 4) is 67.5 Å². The number of fused-ring (bicyclic) bond motifs is 1. The summed E-state index contributed by atoms with van der Waals surface area (Å²) in [5.41, 5.74) is 7.81. The van der Waals surface area contributed by atoms with Gasteiger partial charge in [0.25, 0.3) is 0 Å². The van der Waals surface area contributed by atoms with Crippen molar-refractivity contribution in [2.75, 3.05) is 0 Å². The third-order valence-electron chi connectivity index (χ3n) is 11.9. The maximum absolute atomic E-state index is 12.3. The van der Waals surface area contributed by atoms with Crippen LogP contribution in [0.15, 0.2) is 133 Å². The molecule has 0 atom stereocenters. The maximum Gasteiger partial charge on any atom is 0.149 e.